The predicted octanol–water partition coefficient (Wildman–Crippen LogP) is 2.34. The van der Waals surface area contributed by atoms with Crippen LogP contribution in [-0.2, 0) is 6.54 Å². The van der Waals surface area contributed by atoms with Crippen LogP contribution in [0.3, 0.4) is 0 Å². The Labute approximate surface area is 140 Å². The van der Waals surface area contributed by atoms with Crippen molar-refractivity contribution in [1.82, 2.24) is 15.5 Å². The van der Waals surface area contributed by atoms with Crippen molar-refractivity contribution in [1.29, 1.82) is 0 Å². The number of nitrogens with one attached hydrogen (secondary N) is 2. The van der Waals surface area contributed by atoms with Crippen molar-refractivity contribution >= 4 is 11.7 Å². The number of benzene rings is 1. The Bertz CT molecular complexity index is 542. The lowest BCUT2D eigenvalue weighted by molar-refractivity contribution is 0.235. The molecule has 0 saturated heterocycles. The highest BCUT2D eigenvalue weighted by Crippen LogP contribution is 2.22. The lowest BCUT2D eigenvalue weighted by Crippen LogP contribution is -2.41. The van der Waals surface area contributed by atoms with E-state index in [9.17, 15) is 4.79 Å². The van der Waals surface area contributed by atoms with Crippen LogP contribution in [0, 0.1) is 6.92 Å². The standard InChI is InChI=1S/C18H30N4O/c1-13-6-7-14(17(10-13)22(4)5)12-19-18(23)20-15-8-9-16(11-15)21(2)3/h6-7,10,15-16H,8-9,11-12H2,1-5H3,(H2,19,20,23). The molecule has 2 rings (SSSR count). The van der Waals surface area contributed by atoms with E-state index >= 15 is 0 Å². The summed E-state index contributed by atoms with van der Waals surface area (Å²) in [7, 11) is 8.26. The van der Waals surface area contributed by atoms with Crippen LogP contribution in [0.5, 0.6) is 0 Å². The molecule has 0 aliphatic heterocycles. The molecule has 2 N–H and O–H groups in total. The molecule has 1 aliphatic carbocycles. The Morgan fingerprint density at radius 2 is 1.96 bits per heavy atom. The Kier molecular flexibility index (Phi) is 5.88. The van der Waals surface area contributed by atoms with E-state index in [1.54, 1.807) is 0 Å². The van der Waals surface area contributed by atoms with E-state index in [4.69, 9.17) is 0 Å². The van der Waals surface area contributed by atoms with Gasteiger partial charge in [0.15, 0.2) is 0 Å². The first-order valence-corrected chi connectivity index (χ1v) is 8.34. The summed E-state index contributed by atoms with van der Waals surface area (Å²) in [5, 5.41) is 6.10. The highest BCUT2D eigenvalue weighted by atomic mass is 16.2. The Morgan fingerprint density at radius 1 is 1.22 bits per heavy atom. The molecule has 1 aromatic carbocycles. The maximum Gasteiger partial charge on any atom is 0.315 e. The van der Waals surface area contributed by atoms with E-state index in [2.05, 4.69) is 59.7 Å². The van der Waals surface area contributed by atoms with Crippen LogP contribution < -0.4 is 15.5 Å². The van der Waals surface area contributed by atoms with Crippen LogP contribution in [0.15, 0.2) is 18.2 Å². The number of aryl methyl sites for hydroxylation is 1. The molecule has 1 saturated carbocycles. The summed E-state index contributed by atoms with van der Waals surface area (Å²) < 4.78 is 0. The maximum absolute atomic E-state index is 12.1. The van der Waals surface area contributed by atoms with Gasteiger partial charge < -0.3 is 20.4 Å². The van der Waals surface area contributed by atoms with E-state index in [1.165, 1.54) is 5.56 Å². The fourth-order valence-electron chi connectivity index (χ4n) is 3.21. The van der Waals surface area contributed by atoms with Crippen LogP contribution in [0.2, 0.25) is 0 Å². The topological polar surface area (TPSA) is 47.6 Å². The fourth-order valence-corrected chi connectivity index (χ4v) is 3.21. The number of hydrogen-bond acceptors (Lipinski definition) is 3. The van der Waals surface area contributed by atoms with Gasteiger partial charge in [-0.15, -0.1) is 0 Å². The third-order valence-corrected chi connectivity index (χ3v) is 4.63. The Morgan fingerprint density at radius 3 is 2.57 bits per heavy atom. The minimum Gasteiger partial charge on any atom is -0.377 e. The molecular formula is C18H30N4O. The third-order valence-electron chi connectivity index (χ3n) is 4.63. The average molecular weight is 318 g/mol. The second-order valence-corrected chi connectivity index (χ2v) is 6.98. The zero-order chi connectivity index (χ0) is 17.0. The summed E-state index contributed by atoms with van der Waals surface area (Å²) in [6, 6.07) is 7.11. The predicted molar refractivity (Wildman–Crippen MR) is 96.0 cm³/mol. The maximum atomic E-state index is 12.1. The number of hydrogen-bond donors (Lipinski definition) is 2. The number of rotatable bonds is 5. The van der Waals surface area contributed by atoms with Crippen molar-refractivity contribution < 1.29 is 4.79 Å². The van der Waals surface area contributed by atoms with Gasteiger partial charge in [-0.3, -0.25) is 0 Å². The molecule has 0 spiro atoms. The number of carbonyl (C=O) groups excluding carboxylic acids is 1. The van der Waals surface area contributed by atoms with Crippen molar-refractivity contribution in [3.8, 4) is 0 Å². The average Bonchev–Trinajstić information content (AvgIpc) is 2.94. The van der Waals surface area contributed by atoms with Crippen molar-refractivity contribution in [2.75, 3.05) is 33.1 Å². The number of amides is 2. The molecule has 128 valence electrons. The molecule has 1 fully saturated rings. The van der Waals surface area contributed by atoms with Gasteiger partial charge in [-0.2, -0.15) is 0 Å². The summed E-state index contributed by atoms with van der Waals surface area (Å²) in [4.78, 5) is 16.5. The third kappa shape index (κ3) is 4.86. The molecule has 0 heterocycles. The molecule has 23 heavy (non-hydrogen) atoms. The van der Waals surface area contributed by atoms with Crippen LogP contribution in [0.25, 0.3) is 0 Å². The normalized spacial score (nSPS) is 20.6. The van der Waals surface area contributed by atoms with Gasteiger partial charge in [0.2, 0.25) is 0 Å². The zero-order valence-corrected chi connectivity index (χ0v) is 15.0. The quantitative estimate of drug-likeness (QED) is 0.876. The first kappa shape index (κ1) is 17.6. The van der Waals surface area contributed by atoms with Gasteiger partial charge >= 0.3 is 6.03 Å². The van der Waals surface area contributed by atoms with E-state index in [-0.39, 0.29) is 12.1 Å². The highest BCUT2D eigenvalue weighted by molar-refractivity contribution is 5.74. The molecule has 5 nitrogen and oxygen atoms in total. The molecule has 5 heteroatoms. The summed E-state index contributed by atoms with van der Waals surface area (Å²) in [6.07, 6.45) is 3.25. The molecule has 1 aliphatic rings. The first-order valence-electron chi connectivity index (χ1n) is 8.34. The minimum atomic E-state index is -0.0697. The molecule has 0 radical (unpaired) electrons. The van der Waals surface area contributed by atoms with Gasteiger partial charge in [0.25, 0.3) is 0 Å². The van der Waals surface area contributed by atoms with Gasteiger partial charge in [-0.25, -0.2) is 4.79 Å². The zero-order valence-electron chi connectivity index (χ0n) is 15.0. The van der Waals surface area contributed by atoms with Crippen LogP contribution in [0.1, 0.15) is 30.4 Å². The Balaban J connectivity index is 1.86. The second-order valence-electron chi connectivity index (χ2n) is 6.98. The van der Waals surface area contributed by atoms with Gasteiger partial charge in [0, 0.05) is 38.4 Å². The van der Waals surface area contributed by atoms with Crippen LogP contribution in [-0.4, -0.2) is 51.2 Å². The molecule has 2 atom stereocenters. The van der Waals surface area contributed by atoms with Crippen molar-refractivity contribution in [3.05, 3.63) is 29.3 Å². The molecular weight excluding hydrogens is 288 g/mol. The second kappa shape index (κ2) is 7.68. The summed E-state index contributed by atoms with van der Waals surface area (Å²) in [6.45, 7) is 2.63. The van der Waals surface area contributed by atoms with Gasteiger partial charge in [-0.05, 0) is 57.5 Å². The summed E-state index contributed by atoms with van der Waals surface area (Å²) in [5.41, 5.74) is 3.51. The smallest absolute Gasteiger partial charge is 0.315 e. The number of urea groups is 1. The molecule has 0 bridgehead atoms. The van der Waals surface area contributed by atoms with Crippen molar-refractivity contribution in [2.45, 2.75) is 44.8 Å². The molecule has 2 unspecified atom stereocenters. The van der Waals surface area contributed by atoms with E-state index < -0.39 is 0 Å². The van der Waals surface area contributed by atoms with E-state index in [0.717, 1.165) is 30.5 Å². The molecule has 2 amide bonds. The lowest BCUT2D eigenvalue weighted by atomic mass is 10.1. The van der Waals surface area contributed by atoms with Gasteiger partial charge in [-0.1, -0.05) is 12.1 Å². The summed E-state index contributed by atoms with van der Waals surface area (Å²) >= 11 is 0. The minimum absolute atomic E-state index is 0.0697. The number of carbonyl (C=O) groups is 1. The first-order chi connectivity index (χ1) is 10.9. The monoisotopic (exact) mass is 318 g/mol. The molecule has 1 aromatic rings. The SMILES string of the molecule is Cc1ccc(CNC(=O)NC2CCC(N(C)C)C2)c(N(C)C)c1. The van der Waals surface area contributed by atoms with E-state index in [1.807, 2.05) is 14.1 Å². The van der Waals surface area contributed by atoms with Crippen molar-refractivity contribution in [3.63, 3.8) is 0 Å². The number of anilines is 1. The Hall–Kier alpha value is -1.75. The highest BCUT2D eigenvalue weighted by Gasteiger charge is 2.26. The van der Waals surface area contributed by atoms with Crippen LogP contribution in [0.4, 0.5) is 10.5 Å². The fraction of sp³-hybridized carbons (Fsp3) is 0.611. The molecule has 0 aromatic heterocycles. The van der Waals surface area contributed by atoms with E-state index in [0.29, 0.717) is 12.6 Å². The summed E-state index contributed by atoms with van der Waals surface area (Å²) in [5.74, 6) is 0. The van der Waals surface area contributed by atoms with Gasteiger partial charge in [0.1, 0.15) is 0 Å². The van der Waals surface area contributed by atoms with Crippen LogP contribution >= 0.6 is 0 Å². The lowest BCUT2D eigenvalue weighted by Gasteiger charge is -2.20. The van der Waals surface area contributed by atoms with Crippen molar-refractivity contribution in [2.24, 2.45) is 0 Å². The van der Waals surface area contributed by atoms with Gasteiger partial charge in [0.05, 0.1) is 0 Å². The number of nitrogens with zero attached hydrogens (tertiary/aromatic N) is 2. The largest absolute Gasteiger partial charge is 0.377 e.